The van der Waals surface area contributed by atoms with Gasteiger partial charge >= 0.3 is 258 Å². The topological polar surface area (TPSA) is 122 Å². The Morgan fingerprint density at radius 1 is 0.558 bits per heavy atom. The third kappa shape index (κ3) is 7.78. The first-order valence-corrected chi connectivity index (χ1v) is 16.3. The van der Waals surface area contributed by atoms with Crippen LogP contribution in [0.15, 0.2) is 102 Å². The molecule has 4 aromatic carbocycles. The fourth-order valence-corrected chi connectivity index (χ4v) is 9.04. The minimum absolute atomic E-state index is 0.0244. The van der Waals surface area contributed by atoms with Crippen molar-refractivity contribution >= 4 is 44.1 Å². The zero-order valence-corrected chi connectivity index (χ0v) is 26.7. The van der Waals surface area contributed by atoms with Gasteiger partial charge in [0.25, 0.3) is 0 Å². The van der Waals surface area contributed by atoms with Crippen LogP contribution in [0.1, 0.15) is 43.0 Å². The number of carbonyl (C=O) groups excluding carboxylic acids is 3. The van der Waals surface area contributed by atoms with Gasteiger partial charge in [0.15, 0.2) is 0 Å². The van der Waals surface area contributed by atoms with E-state index in [0.717, 1.165) is 5.56 Å². The number of rotatable bonds is 10. The molecule has 4 aromatic rings. The first-order chi connectivity index (χ1) is 20.4. The van der Waals surface area contributed by atoms with Gasteiger partial charge in [0.1, 0.15) is 0 Å². The Hall–Kier alpha value is -4.24. The molecular weight excluding hydrogens is 635 g/mol. The summed E-state index contributed by atoms with van der Waals surface area (Å²) >= 11 is -1.97. The summed E-state index contributed by atoms with van der Waals surface area (Å²) in [6.07, 6.45) is 0. The number of hydrogen-bond donors (Lipinski definition) is 0. The van der Waals surface area contributed by atoms with Gasteiger partial charge < -0.3 is 0 Å². The molecule has 0 spiro atoms. The monoisotopic (exact) mass is 664 g/mol. The summed E-state index contributed by atoms with van der Waals surface area (Å²) in [5, 5.41) is 0. The molecule has 222 valence electrons. The second-order valence-corrected chi connectivity index (χ2v) is 14.2. The van der Waals surface area contributed by atoms with E-state index in [1.54, 1.807) is 84.9 Å². The van der Waals surface area contributed by atoms with E-state index < -0.39 is 48.3 Å². The molecule has 0 bridgehead atoms. The molecule has 11 heteroatoms. The summed E-state index contributed by atoms with van der Waals surface area (Å²) in [7, 11) is -4.16. The number of esters is 3. The molecule has 4 rings (SSSR count). The number of aryl methyl sites for hydroxylation is 1. The van der Waals surface area contributed by atoms with Crippen LogP contribution in [0.5, 0.6) is 17.2 Å². The molecule has 0 aliphatic rings. The summed E-state index contributed by atoms with van der Waals surface area (Å²) in [4.78, 5) is 34.7. The number of carbonyl (C=O) groups is 3. The molecular formula is C32H29AsO9S. The van der Waals surface area contributed by atoms with Crippen molar-refractivity contribution in [1.82, 2.24) is 0 Å². The first-order valence-electron chi connectivity index (χ1n) is 13.0. The molecule has 43 heavy (non-hydrogen) atoms. The van der Waals surface area contributed by atoms with Gasteiger partial charge in [-0.2, -0.15) is 0 Å². The fraction of sp³-hybridized carbons (Fsp3) is 0.156. The van der Waals surface area contributed by atoms with Crippen molar-refractivity contribution in [2.75, 3.05) is 0 Å². The van der Waals surface area contributed by atoms with Crippen LogP contribution in [0.25, 0.3) is 0 Å². The Morgan fingerprint density at radius 2 is 0.884 bits per heavy atom. The summed E-state index contributed by atoms with van der Waals surface area (Å²) in [6.45, 7) is 5.74. The van der Waals surface area contributed by atoms with Crippen LogP contribution in [-0.4, -0.2) is 42.4 Å². The molecule has 1 atom stereocenters. The van der Waals surface area contributed by atoms with Crippen LogP contribution in [0.2, 0.25) is 0 Å². The Balaban J connectivity index is 1.91. The average Bonchev–Trinajstić information content (AvgIpc) is 2.95. The Morgan fingerprint density at radius 3 is 1.19 bits per heavy atom. The average molecular weight is 665 g/mol. The summed E-state index contributed by atoms with van der Waals surface area (Å²) in [5.74, 6) is -0.512. The van der Waals surface area contributed by atoms with E-state index in [-0.39, 0.29) is 4.90 Å². The predicted molar refractivity (Wildman–Crippen MR) is 160 cm³/mol. The van der Waals surface area contributed by atoms with Crippen LogP contribution >= 0.6 is 0 Å². The van der Waals surface area contributed by atoms with Crippen LogP contribution in [-0.2, 0) is 31.9 Å². The maximum atomic E-state index is 13.4. The first kappa shape index (κ1) is 31.7. The number of benzene rings is 4. The molecule has 0 aromatic heterocycles. The van der Waals surface area contributed by atoms with Crippen LogP contribution in [0.4, 0.5) is 0 Å². The Labute approximate surface area is 256 Å². The normalized spacial score (nSPS) is 11.7. The minimum atomic E-state index is -4.16. The van der Waals surface area contributed by atoms with E-state index in [1.165, 1.54) is 32.9 Å². The standard InChI is InChI=1S/C32H29AsO9S/c1-21-5-19-31(20-6-21)43(37,38)42-33-32(25-7-13-28(14-8-25)39-22(2)34,26-9-15-29(16-10-26)40-23(3)35)27-11-17-30(18-12-27)41-24(4)36/h5-20,33H,1-4H3. The van der Waals surface area contributed by atoms with Gasteiger partial charge in [-0.1, -0.05) is 0 Å². The molecule has 9 nitrogen and oxygen atoms in total. The molecule has 0 fully saturated rings. The van der Waals surface area contributed by atoms with Crippen molar-refractivity contribution < 1.29 is 40.2 Å². The van der Waals surface area contributed by atoms with Crippen LogP contribution in [0, 0.1) is 6.92 Å². The van der Waals surface area contributed by atoms with Crippen LogP contribution < -0.4 is 14.2 Å². The molecule has 0 saturated heterocycles. The molecule has 0 N–H and O–H groups in total. The van der Waals surface area contributed by atoms with Gasteiger partial charge in [0.2, 0.25) is 0 Å². The van der Waals surface area contributed by atoms with Gasteiger partial charge in [-0.15, -0.1) is 0 Å². The van der Waals surface area contributed by atoms with Gasteiger partial charge in [-0.05, 0) is 0 Å². The third-order valence-corrected chi connectivity index (χ3v) is 11.8. The second kappa shape index (κ2) is 13.4. The molecule has 0 heterocycles. The summed E-state index contributed by atoms with van der Waals surface area (Å²) in [6, 6.07) is 26.5. The zero-order chi connectivity index (χ0) is 31.2. The van der Waals surface area contributed by atoms with E-state index in [9.17, 15) is 22.8 Å². The zero-order valence-electron chi connectivity index (χ0n) is 23.8. The van der Waals surface area contributed by atoms with Crippen molar-refractivity contribution in [2.45, 2.75) is 36.8 Å². The van der Waals surface area contributed by atoms with Gasteiger partial charge in [0.05, 0.1) is 0 Å². The van der Waals surface area contributed by atoms with Crippen molar-refractivity contribution in [2.24, 2.45) is 0 Å². The van der Waals surface area contributed by atoms with Crippen molar-refractivity contribution in [3.05, 3.63) is 119 Å². The molecule has 1 unspecified atom stereocenters. The van der Waals surface area contributed by atoms with E-state index in [2.05, 4.69) is 0 Å². The Kier molecular flexibility index (Phi) is 9.86. The number of hydrogen-bond acceptors (Lipinski definition) is 9. The summed E-state index contributed by atoms with van der Waals surface area (Å²) in [5.41, 5.74) is 2.87. The Bertz CT molecular complexity index is 1570. The van der Waals surface area contributed by atoms with E-state index >= 15 is 0 Å². The second-order valence-electron chi connectivity index (χ2n) is 9.56. The predicted octanol–water partition coefficient (Wildman–Crippen LogP) is 4.82. The SMILES string of the molecule is CC(=O)Oc1ccc(C([AsH]OS(=O)(=O)c2ccc(C)cc2)(c2ccc(OC(C)=O)cc2)c2ccc(OC(C)=O)cc2)cc1. The van der Waals surface area contributed by atoms with Gasteiger partial charge in [0, 0.05) is 0 Å². The molecule has 0 saturated carbocycles. The molecule has 0 amide bonds. The molecule has 0 aliphatic heterocycles. The van der Waals surface area contributed by atoms with Gasteiger partial charge in [-0.3, -0.25) is 0 Å². The van der Waals surface area contributed by atoms with E-state index in [1.807, 2.05) is 6.92 Å². The molecule has 0 radical (unpaired) electrons. The van der Waals surface area contributed by atoms with Crippen molar-refractivity contribution in [1.29, 1.82) is 0 Å². The van der Waals surface area contributed by atoms with Crippen LogP contribution in [0.3, 0.4) is 0 Å². The quantitative estimate of drug-likeness (QED) is 0.102. The van der Waals surface area contributed by atoms with Gasteiger partial charge in [-0.25, -0.2) is 0 Å². The number of ether oxygens (including phenoxy) is 3. The maximum absolute atomic E-state index is 13.4. The van der Waals surface area contributed by atoms with Crippen molar-refractivity contribution in [3.8, 4) is 17.2 Å². The summed E-state index contributed by atoms with van der Waals surface area (Å²) < 4.78 is 47.3. The third-order valence-electron chi connectivity index (χ3n) is 6.26. The molecule has 0 aliphatic carbocycles. The fourth-order valence-electron chi connectivity index (χ4n) is 4.36. The van der Waals surface area contributed by atoms with E-state index in [0.29, 0.717) is 33.9 Å². The van der Waals surface area contributed by atoms with E-state index in [4.69, 9.17) is 17.4 Å². The van der Waals surface area contributed by atoms with Crippen molar-refractivity contribution in [3.63, 3.8) is 0 Å².